The molecule has 0 aromatic rings. The number of primary amides is 1. The summed E-state index contributed by atoms with van der Waals surface area (Å²) in [5, 5.41) is 2.71. The Bertz CT molecular complexity index is 335. The molecule has 2 aliphatic carbocycles. The van der Waals surface area contributed by atoms with Crippen molar-refractivity contribution >= 4 is 11.8 Å². The zero-order valence-corrected chi connectivity index (χ0v) is 11.9. The van der Waals surface area contributed by atoms with Crippen LogP contribution in [-0.2, 0) is 9.59 Å². The molecule has 2 amide bonds. The van der Waals surface area contributed by atoms with E-state index in [1.165, 1.54) is 32.1 Å². The number of nitrogens with one attached hydrogen (secondary N) is 1. The molecule has 0 bridgehead atoms. The van der Waals surface area contributed by atoms with E-state index >= 15 is 0 Å². The molecule has 2 aliphatic rings. The monoisotopic (exact) mass is 266 g/mol. The summed E-state index contributed by atoms with van der Waals surface area (Å²) in [4.78, 5) is 23.8. The van der Waals surface area contributed by atoms with Gasteiger partial charge in [0.2, 0.25) is 11.8 Å². The molecule has 2 rings (SSSR count). The van der Waals surface area contributed by atoms with E-state index < -0.39 is 0 Å². The van der Waals surface area contributed by atoms with Crippen LogP contribution in [0.15, 0.2) is 0 Å². The molecule has 2 fully saturated rings. The van der Waals surface area contributed by atoms with Gasteiger partial charge in [-0.1, -0.05) is 32.1 Å². The summed E-state index contributed by atoms with van der Waals surface area (Å²) in [6.45, 7) is 0. The smallest absolute Gasteiger partial charge is 0.223 e. The Morgan fingerprint density at radius 2 is 1.84 bits per heavy atom. The second-order valence-electron chi connectivity index (χ2n) is 6.28. The SMILES string of the molecule is CNC(=O)C(CC1CCC1)C(CCC1CC1)C(N)=O. The fourth-order valence-electron chi connectivity index (χ4n) is 3.09. The van der Waals surface area contributed by atoms with Gasteiger partial charge in [0.05, 0.1) is 0 Å². The van der Waals surface area contributed by atoms with Crippen LogP contribution < -0.4 is 11.1 Å². The zero-order valence-electron chi connectivity index (χ0n) is 11.9. The lowest BCUT2D eigenvalue weighted by molar-refractivity contribution is -0.134. The van der Waals surface area contributed by atoms with E-state index in [9.17, 15) is 9.59 Å². The van der Waals surface area contributed by atoms with Crippen molar-refractivity contribution in [2.24, 2.45) is 29.4 Å². The molecule has 19 heavy (non-hydrogen) atoms. The predicted octanol–water partition coefficient (Wildman–Crippen LogP) is 1.83. The summed E-state index contributed by atoms with van der Waals surface area (Å²) in [5.74, 6) is 0.591. The normalized spacial score (nSPS) is 22.4. The lowest BCUT2D eigenvalue weighted by Crippen LogP contribution is -2.40. The first-order chi connectivity index (χ1) is 9.11. The molecule has 0 saturated heterocycles. The highest BCUT2D eigenvalue weighted by Crippen LogP contribution is 2.39. The van der Waals surface area contributed by atoms with Crippen molar-refractivity contribution < 1.29 is 9.59 Å². The topological polar surface area (TPSA) is 72.2 Å². The minimum atomic E-state index is -0.298. The van der Waals surface area contributed by atoms with Gasteiger partial charge in [0.25, 0.3) is 0 Å². The van der Waals surface area contributed by atoms with Gasteiger partial charge in [-0.25, -0.2) is 0 Å². The van der Waals surface area contributed by atoms with Crippen molar-refractivity contribution in [2.75, 3.05) is 7.05 Å². The molecule has 3 N–H and O–H groups in total. The van der Waals surface area contributed by atoms with E-state index in [-0.39, 0.29) is 23.7 Å². The van der Waals surface area contributed by atoms with Crippen molar-refractivity contribution in [3.05, 3.63) is 0 Å². The average molecular weight is 266 g/mol. The third kappa shape index (κ3) is 3.95. The molecule has 2 saturated carbocycles. The Hall–Kier alpha value is -1.06. The highest BCUT2D eigenvalue weighted by Gasteiger charge is 2.36. The molecule has 4 nitrogen and oxygen atoms in total. The Morgan fingerprint density at radius 3 is 2.26 bits per heavy atom. The Labute approximate surface area is 115 Å². The molecule has 0 spiro atoms. The van der Waals surface area contributed by atoms with E-state index in [4.69, 9.17) is 5.73 Å². The number of carbonyl (C=O) groups excluding carboxylic acids is 2. The largest absolute Gasteiger partial charge is 0.369 e. The summed E-state index contributed by atoms with van der Waals surface area (Å²) in [6, 6.07) is 0. The third-order valence-corrected chi connectivity index (χ3v) is 4.83. The number of amides is 2. The first kappa shape index (κ1) is 14.4. The molecule has 2 atom stereocenters. The van der Waals surface area contributed by atoms with Crippen LogP contribution in [0.1, 0.15) is 51.4 Å². The molecular weight excluding hydrogens is 240 g/mol. The maximum absolute atomic E-state index is 12.1. The summed E-state index contributed by atoms with van der Waals surface area (Å²) in [7, 11) is 1.65. The zero-order chi connectivity index (χ0) is 13.8. The van der Waals surface area contributed by atoms with E-state index in [2.05, 4.69) is 5.32 Å². The maximum atomic E-state index is 12.1. The molecule has 0 heterocycles. The van der Waals surface area contributed by atoms with Gasteiger partial charge in [-0.15, -0.1) is 0 Å². The molecule has 4 heteroatoms. The van der Waals surface area contributed by atoms with Crippen molar-refractivity contribution in [3.8, 4) is 0 Å². The van der Waals surface area contributed by atoms with E-state index in [0.717, 1.165) is 25.2 Å². The number of rotatable bonds is 8. The van der Waals surface area contributed by atoms with Crippen molar-refractivity contribution in [1.82, 2.24) is 5.32 Å². The van der Waals surface area contributed by atoms with Gasteiger partial charge < -0.3 is 11.1 Å². The fourth-order valence-corrected chi connectivity index (χ4v) is 3.09. The lowest BCUT2D eigenvalue weighted by Gasteiger charge is -2.32. The Kier molecular flexibility index (Phi) is 4.83. The number of nitrogens with two attached hydrogens (primary N) is 1. The van der Waals surface area contributed by atoms with Crippen LogP contribution in [-0.4, -0.2) is 18.9 Å². The highest BCUT2D eigenvalue weighted by atomic mass is 16.2. The van der Waals surface area contributed by atoms with Gasteiger partial charge in [0, 0.05) is 18.9 Å². The second kappa shape index (κ2) is 6.40. The summed E-state index contributed by atoms with van der Waals surface area (Å²) < 4.78 is 0. The first-order valence-corrected chi connectivity index (χ1v) is 7.62. The third-order valence-electron chi connectivity index (χ3n) is 4.83. The molecule has 0 aliphatic heterocycles. The van der Waals surface area contributed by atoms with Gasteiger partial charge in [0.1, 0.15) is 0 Å². The molecule has 0 aromatic heterocycles. The van der Waals surface area contributed by atoms with E-state index in [0.29, 0.717) is 5.92 Å². The summed E-state index contributed by atoms with van der Waals surface area (Å²) >= 11 is 0. The van der Waals surface area contributed by atoms with Crippen LogP contribution in [0.5, 0.6) is 0 Å². The van der Waals surface area contributed by atoms with Gasteiger partial charge >= 0.3 is 0 Å². The van der Waals surface area contributed by atoms with Crippen LogP contribution in [0.2, 0.25) is 0 Å². The van der Waals surface area contributed by atoms with Crippen LogP contribution in [0, 0.1) is 23.7 Å². The van der Waals surface area contributed by atoms with Crippen LogP contribution in [0.25, 0.3) is 0 Å². The fraction of sp³-hybridized carbons (Fsp3) is 0.867. The molecule has 108 valence electrons. The number of hydrogen-bond donors (Lipinski definition) is 2. The second-order valence-corrected chi connectivity index (χ2v) is 6.28. The van der Waals surface area contributed by atoms with Crippen LogP contribution in [0.4, 0.5) is 0 Å². The first-order valence-electron chi connectivity index (χ1n) is 7.62. The van der Waals surface area contributed by atoms with Crippen molar-refractivity contribution in [1.29, 1.82) is 0 Å². The quantitative estimate of drug-likeness (QED) is 0.703. The molecule has 2 unspecified atom stereocenters. The van der Waals surface area contributed by atoms with Gasteiger partial charge in [-0.05, 0) is 31.1 Å². The minimum absolute atomic E-state index is 0.00787. The predicted molar refractivity (Wildman–Crippen MR) is 74.2 cm³/mol. The van der Waals surface area contributed by atoms with Crippen molar-refractivity contribution in [3.63, 3.8) is 0 Å². The maximum Gasteiger partial charge on any atom is 0.223 e. The highest BCUT2D eigenvalue weighted by molar-refractivity contribution is 5.86. The lowest BCUT2D eigenvalue weighted by atomic mass is 9.73. The van der Waals surface area contributed by atoms with Gasteiger partial charge in [-0.3, -0.25) is 9.59 Å². The Morgan fingerprint density at radius 1 is 1.16 bits per heavy atom. The average Bonchev–Trinajstić information content (AvgIpc) is 3.13. The minimum Gasteiger partial charge on any atom is -0.369 e. The van der Waals surface area contributed by atoms with E-state index in [1.807, 2.05) is 0 Å². The molecule has 0 radical (unpaired) electrons. The van der Waals surface area contributed by atoms with Gasteiger partial charge in [-0.2, -0.15) is 0 Å². The van der Waals surface area contributed by atoms with E-state index in [1.54, 1.807) is 7.05 Å². The summed E-state index contributed by atoms with van der Waals surface area (Å²) in [5.41, 5.74) is 5.55. The molecule has 0 aromatic carbocycles. The van der Waals surface area contributed by atoms with Crippen LogP contribution >= 0.6 is 0 Å². The Balaban J connectivity index is 1.96. The summed E-state index contributed by atoms with van der Waals surface area (Å²) in [6.07, 6.45) is 8.86. The van der Waals surface area contributed by atoms with Crippen molar-refractivity contribution in [2.45, 2.75) is 51.4 Å². The van der Waals surface area contributed by atoms with Crippen LogP contribution in [0.3, 0.4) is 0 Å². The number of carbonyl (C=O) groups is 2. The standard InChI is InChI=1S/C15H26N2O2/c1-17-15(19)13(9-11-3-2-4-11)12(14(16)18)8-7-10-5-6-10/h10-13H,2-9H2,1H3,(H2,16,18)(H,17,19). The van der Waals surface area contributed by atoms with Gasteiger partial charge in [0.15, 0.2) is 0 Å². The number of hydrogen-bond acceptors (Lipinski definition) is 2. The molecular formula is C15H26N2O2.